The molecular weight excluding hydrogens is 407 g/mol. The topological polar surface area (TPSA) is 77.5 Å². The summed E-state index contributed by atoms with van der Waals surface area (Å²) in [6.07, 6.45) is 2.05. The third kappa shape index (κ3) is 5.41. The van der Waals surface area contributed by atoms with Crippen molar-refractivity contribution in [1.29, 1.82) is 0 Å². The standard InChI is InChI=1S/C19H22ClFN2O4S/c1-2-28(24,25)23-18-7-8-26-11-14(18)12-27-19-6-3-13(9-16(19)21)17-5-4-15(20)10-22-17/h3-6,9-10,14,18,23H,2,7-8,11-12H2,1H3. The van der Waals surface area contributed by atoms with Crippen LogP contribution >= 0.6 is 11.6 Å². The first-order valence-corrected chi connectivity index (χ1v) is 11.0. The van der Waals surface area contributed by atoms with Crippen molar-refractivity contribution in [1.82, 2.24) is 9.71 Å². The number of benzene rings is 1. The van der Waals surface area contributed by atoms with E-state index in [4.69, 9.17) is 21.1 Å². The van der Waals surface area contributed by atoms with Gasteiger partial charge in [-0.1, -0.05) is 11.6 Å². The molecule has 1 aliphatic heterocycles. The second-order valence-corrected chi connectivity index (χ2v) is 9.05. The smallest absolute Gasteiger partial charge is 0.211 e. The quantitative estimate of drug-likeness (QED) is 0.732. The number of sulfonamides is 1. The average Bonchev–Trinajstić information content (AvgIpc) is 2.68. The van der Waals surface area contributed by atoms with Crippen molar-refractivity contribution in [3.05, 3.63) is 47.4 Å². The molecule has 2 aromatic rings. The highest BCUT2D eigenvalue weighted by Crippen LogP contribution is 2.26. The van der Waals surface area contributed by atoms with Crippen LogP contribution in [-0.4, -0.2) is 45.0 Å². The van der Waals surface area contributed by atoms with E-state index in [2.05, 4.69) is 9.71 Å². The second-order valence-electron chi connectivity index (χ2n) is 6.57. The predicted molar refractivity (Wildman–Crippen MR) is 105 cm³/mol. The van der Waals surface area contributed by atoms with Crippen LogP contribution in [0.1, 0.15) is 13.3 Å². The second kappa shape index (κ2) is 9.17. The number of hydrogen-bond acceptors (Lipinski definition) is 5. The molecule has 0 saturated carbocycles. The summed E-state index contributed by atoms with van der Waals surface area (Å²) < 4.78 is 52.0. The van der Waals surface area contributed by atoms with E-state index < -0.39 is 15.8 Å². The fraction of sp³-hybridized carbons (Fsp3) is 0.421. The van der Waals surface area contributed by atoms with Gasteiger partial charge in [0.05, 0.1) is 29.7 Å². The first-order chi connectivity index (χ1) is 13.4. The Balaban J connectivity index is 1.67. The SMILES string of the molecule is CCS(=O)(=O)NC1CCOCC1COc1ccc(-c2ccc(Cl)cn2)cc1F. The van der Waals surface area contributed by atoms with E-state index in [1.165, 1.54) is 18.3 Å². The van der Waals surface area contributed by atoms with Crippen LogP contribution in [0.4, 0.5) is 4.39 Å². The molecule has 1 N–H and O–H groups in total. The van der Waals surface area contributed by atoms with Gasteiger partial charge in [0.25, 0.3) is 0 Å². The molecule has 1 aliphatic rings. The summed E-state index contributed by atoms with van der Waals surface area (Å²) in [6.45, 7) is 2.56. The summed E-state index contributed by atoms with van der Waals surface area (Å²) >= 11 is 5.82. The van der Waals surface area contributed by atoms with Crippen LogP contribution in [0.2, 0.25) is 5.02 Å². The van der Waals surface area contributed by atoms with E-state index in [1.807, 2.05) is 0 Å². The lowest BCUT2D eigenvalue weighted by Crippen LogP contribution is -2.48. The summed E-state index contributed by atoms with van der Waals surface area (Å²) in [5, 5.41) is 0.507. The Hall–Kier alpha value is -1.74. The number of halogens is 2. The van der Waals surface area contributed by atoms with Crippen molar-refractivity contribution in [2.45, 2.75) is 19.4 Å². The molecule has 2 atom stereocenters. The summed E-state index contributed by atoms with van der Waals surface area (Å²) in [5.41, 5.74) is 1.21. The Labute approximate surface area is 169 Å². The van der Waals surface area contributed by atoms with Crippen LogP contribution in [-0.2, 0) is 14.8 Å². The minimum atomic E-state index is -3.33. The van der Waals surface area contributed by atoms with Crippen LogP contribution in [0.5, 0.6) is 5.75 Å². The highest BCUT2D eigenvalue weighted by atomic mass is 35.5. The Kier molecular flexibility index (Phi) is 6.87. The number of ether oxygens (including phenoxy) is 2. The van der Waals surface area contributed by atoms with Gasteiger partial charge in [0, 0.05) is 30.3 Å². The Bertz CT molecular complexity index is 909. The van der Waals surface area contributed by atoms with Crippen LogP contribution < -0.4 is 9.46 Å². The third-order valence-corrected chi connectivity index (χ3v) is 6.24. The summed E-state index contributed by atoms with van der Waals surface area (Å²) in [6, 6.07) is 7.70. The number of hydrogen-bond donors (Lipinski definition) is 1. The largest absolute Gasteiger partial charge is 0.490 e. The monoisotopic (exact) mass is 428 g/mol. The van der Waals surface area contributed by atoms with E-state index in [1.54, 1.807) is 25.1 Å². The van der Waals surface area contributed by atoms with E-state index >= 15 is 0 Å². The molecule has 0 aliphatic carbocycles. The minimum Gasteiger partial charge on any atom is -0.490 e. The van der Waals surface area contributed by atoms with Gasteiger partial charge >= 0.3 is 0 Å². The van der Waals surface area contributed by atoms with Gasteiger partial charge < -0.3 is 9.47 Å². The van der Waals surface area contributed by atoms with Crippen molar-refractivity contribution < 1.29 is 22.3 Å². The molecule has 1 aromatic carbocycles. The Morgan fingerprint density at radius 1 is 1.36 bits per heavy atom. The maximum Gasteiger partial charge on any atom is 0.211 e. The van der Waals surface area contributed by atoms with E-state index in [0.717, 1.165) is 0 Å². The summed E-state index contributed by atoms with van der Waals surface area (Å²) in [4.78, 5) is 4.17. The zero-order chi connectivity index (χ0) is 20.1. The van der Waals surface area contributed by atoms with Crippen molar-refractivity contribution in [3.8, 4) is 17.0 Å². The van der Waals surface area contributed by atoms with Crippen LogP contribution in [0.15, 0.2) is 36.5 Å². The fourth-order valence-corrected chi connectivity index (χ4v) is 4.00. The van der Waals surface area contributed by atoms with Crippen molar-refractivity contribution in [2.75, 3.05) is 25.6 Å². The van der Waals surface area contributed by atoms with Gasteiger partial charge in [0.15, 0.2) is 11.6 Å². The zero-order valence-corrected chi connectivity index (χ0v) is 17.0. The first kappa shape index (κ1) is 21.0. The minimum absolute atomic E-state index is 0.00670. The van der Waals surface area contributed by atoms with Crippen molar-refractivity contribution in [2.24, 2.45) is 5.92 Å². The van der Waals surface area contributed by atoms with Gasteiger partial charge in [-0.15, -0.1) is 0 Å². The Morgan fingerprint density at radius 3 is 2.86 bits per heavy atom. The molecule has 6 nitrogen and oxygen atoms in total. The lowest BCUT2D eigenvalue weighted by Gasteiger charge is -2.31. The molecule has 152 valence electrons. The zero-order valence-electron chi connectivity index (χ0n) is 15.4. The molecule has 1 saturated heterocycles. The molecule has 3 rings (SSSR count). The highest BCUT2D eigenvalue weighted by molar-refractivity contribution is 7.89. The van der Waals surface area contributed by atoms with Gasteiger partial charge in [-0.25, -0.2) is 17.5 Å². The summed E-state index contributed by atoms with van der Waals surface area (Å²) in [7, 11) is -3.33. The molecule has 9 heteroatoms. The maximum absolute atomic E-state index is 14.5. The molecule has 1 aromatic heterocycles. The number of rotatable bonds is 7. The first-order valence-electron chi connectivity index (χ1n) is 9.00. The molecule has 0 radical (unpaired) electrons. The van der Waals surface area contributed by atoms with Gasteiger partial charge in [-0.2, -0.15) is 0 Å². The van der Waals surface area contributed by atoms with E-state index in [-0.39, 0.29) is 30.1 Å². The number of pyridine rings is 1. The van der Waals surface area contributed by atoms with Crippen molar-refractivity contribution >= 4 is 21.6 Å². The van der Waals surface area contributed by atoms with Gasteiger partial charge in [-0.3, -0.25) is 4.98 Å². The predicted octanol–water partition coefficient (Wildman–Crippen LogP) is 3.26. The molecule has 0 amide bonds. The molecule has 2 heterocycles. The van der Waals surface area contributed by atoms with Crippen LogP contribution in [0.25, 0.3) is 11.3 Å². The van der Waals surface area contributed by atoms with Crippen LogP contribution in [0, 0.1) is 11.7 Å². The van der Waals surface area contributed by atoms with Crippen molar-refractivity contribution in [3.63, 3.8) is 0 Å². The molecule has 2 unspecified atom stereocenters. The maximum atomic E-state index is 14.5. The molecule has 0 spiro atoms. The Morgan fingerprint density at radius 2 is 2.18 bits per heavy atom. The number of aromatic nitrogens is 1. The number of nitrogens with one attached hydrogen (secondary N) is 1. The lowest BCUT2D eigenvalue weighted by atomic mass is 9.98. The van der Waals surface area contributed by atoms with Gasteiger partial charge in [0.1, 0.15) is 0 Å². The molecule has 28 heavy (non-hydrogen) atoms. The highest BCUT2D eigenvalue weighted by Gasteiger charge is 2.29. The van der Waals surface area contributed by atoms with E-state index in [0.29, 0.717) is 35.9 Å². The molecular formula is C19H22ClFN2O4S. The summed E-state index contributed by atoms with van der Waals surface area (Å²) in [5.74, 6) is -0.614. The molecule has 0 bridgehead atoms. The fourth-order valence-electron chi connectivity index (χ4n) is 2.95. The average molecular weight is 429 g/mol. The lowest BCUT2D eigenvalue weighted by molar-refractivity contribution is 0.0180. The third-order valence-electron chi connectivity index (χ3n) is 4.59. The van der Waals surface area contributed by atoms with Gasteiger partial charge in [0.2, 0.25) is 10.0 Å². The normalized spacial score (nSPS) is 20.1. The van der Waals surface area contributed by atoms with E-state index in [9.17, 15) is 12.8 Å². The number of nitrogens with zero attached hydrogens (tertiary/aromatic N) is 1. The van der Waals surface area contributed by atoms with Crippen LogP contribution in [0.3, 0.4) is 0 Å². The molecule has 1 fully saturated rings. The van der Waals surface area contributed by atoms with Gasteiger partial charge in [-0.05, 0) is 43.7 Å².